The van der Waals surface area contributed by atoms with Crippen molar-refractivity contribution in [2.24, 2.45) is 5.73 Å². The van der Waals surface area contributed by atoms with Gasteiger partial charge >= 0.3 is 0 Å². The number of aryl methyl sites for hydroxylation is 1. The molecule has 0 spiro atoms. The average Bonchev–Trinajstić information content (AvgIpc) is 2.25. The Morgan fingerprint density at radius 2 is 2.07 bits per heavy atom. The Kier molecular flexibility index (Phi) is 5.56. The number of nitrogens with two attached hydrogens (primary N) is 1. The number of hydrogen-bond donors (Lipinski definition) is 1. The smallest absolute Gasteiger partial charge is 0.187 e. The SMILES string of the molecule is CCCSc1ncc(CCCN)cn1. The molecule has 4 heteroatoms. The molecule has 1 heterocycles. The molecule has 0 aliphatic rings. The minimum atomic E-state index is 0.729. The molecule has 0 saturated heterocycles. The van der Waals surface area contributed by atoms with Crippen LogP contribution >= 0.6 is 11.8 Å². The lowest BCUT2D eigenvalue weighted by atomic mass is 10.2. The summed E-state index contributed by atoms with van der Waals surface area (Å²) < 4.78 is 0. The van der Waals surface area contributed by atoms with E-state index < -0.39 is 0 Å². The van der Waals surface area contributed by atoms with Crippen molar-refractivity contribution in [3.05, 3.63) is 18.0 Å². The Balaban J connectivity index is 2.42. The summed E-state index contributed by atoms with van der Waals surface area (Å²) in [4.78, 5) is 8.56. The van der Waals surface area contributed by atoms with Crippen LogP contribution in [0.15, 0.2) is 17.6 Å². The zero-order valence-electron chi connectivity index (χ0n) is 8.57. The molecule has 0 aromatic carbocycles. The van der Waals surface area contributed by atoms with Crippen molar-refractivity contribution < 1.29 is 0 Å². The summed E-state index contributed by atoms with van der Waals surface area (Å²) in [6.45, 7) is 2.88. The molecule has 0 atom stereocenters. The van der Waals surface area contributed by atoms with Crippen LogP contribution in [0.2, 0.25) is 0 Å². The maximum absolute atomic E-state index is 5.43. The fourth-order valence-electron chi connectivity index (χ4n) is 1.05. The summed E-state index contributed by atoms with van der Waals surface area (Å²) in [5, 5.41) is 0.878. The van der Waals surface area contributed by atoms with Crippen LogP contribution in [0.1, 0.15) is 25.3 Å². The van der Waals surface area contributed by atoms with Crippen molar-refractivity contribution in [1.29, 1.82) is 0 Å². The van der Waals surface area contributed by atoms with Crippen LogP contribution in [0, 0.1) is 0 Å². The molecular formula is C10H17N3S. The third-order valence-electron chi connectivity index (χ3n) is 1.79. The van der Waals surface area contributed by atoms with E-state index in [1.54, 1.807) is 11.8 Å². The van der Waals surface area contributed by atoms with Crippen LogP contribution in [0.3, 0.4) is 0 Å². The van der Waals surface area contributed by atoms with E-state index >= 15 is 0 Å². The summed E-state index contributed by atoms with van der Waals surface area (Å²) in [7, 11) is 0. The van der Waals surface area contributed by atoms with Crippen molar-refractivity contribution in [1.82, 2.24) is 9.97 Å². The third-order valence-corrected chi connectivity index (χ3v) is 2.87. The van der Waals surface area contributed by atoms with Gasteiger partial charge in [-0.15, -0.1) is 0 Å². The fraction of sp³-hybridized carbons (Fsp3) is 0.600. The second-order valence-corrected chi connectivity index (χ2v) is 4.18. The second kappa shape index (κ2) is 6.79. The summed E-state index contributed by atoms with van der Waals surface area (Å²) in [6.07, 6.45) is 6.95. The van der Waals surface area contributed by atoms with Crippen molar-refractivity contribution in [3.8, 4) is 0 Å². The van der Waals surface area contributed by atoms with Crippen LogP contribution < -0.4 is 5.73 Å². The number of thioether (sulfide) groups is 1. The van der Waals surface area contributed by atoms with Crippen LogP contribution in [0.5, 0.6) is 0 Å². The van der Waals surface area contributed by atoms with E-state index in [0.717, 1.165) is 36.7 Å². The van der Waals surface area contributed by atoms with E-state index in [9.17, 15) is 0 Å². The van der Waals surface area contributed by atoms with Crippen LogP contribution in [-0.4, -0.2) is 22.3 Å². The van der Waals surface area contributed by atoms with Crippen molar-refractivity contribution >= 4 is 11.8 Å². The second-order valence-electron chi connectivity index (χ2n) is 3.11. The predicted molar refractivity (Wildman–Crippen MR) is 60.4 cm³/mol. The Labute approximate surface area is 89.5 Å². The first-order chi connectivity index (χ1) is 6.86. The highest BCUT2D eigenvalue weighted by atomic mass is 32.2. The lowest BCUT2D eigenvalue weighted by Crippen LogP contribution is -2.01. The van der Waals surface area contributed by atoms with Gasteiger partial charge in [-0.3, -0.25) is 0 Å². The van der Waals surface area contributed by atoms with Gasteiger partial charge in [0.1, 0.15) is 0 Å². The van der Waals surface area contributed by atoms with Gasteiger partial charge in [0.15, 0.2) is 5.16 Å². The van der Waals surface area contributed by atoms with Crippen molar-refractivity contribution in [3.63, 3.8) is 0 Å². The molecule has 1 aromatic heterocycles. The van der Waals surface area contributed by atoms with Gasteiger partial charge in [0, 0.05) is 18.1 Å². The molecule has 0 saturated carbocycles. The zero-order valence-corrected chi connectivity index (χ0v) is 9.39. The van der Waals surface area contributed by atoms with Gasteiger partial charge in [-0.1, -0.05) is 18.7 Å². The number of hydrogen-bond acceptors (Lipinski definition) is 4. The first kappa shape index (κ1) is 11.5. The van der Waals surface area contributed by atoms with Crippen molar-refractivity contribution in [2.45, 2.75) is 31.3 Å². The van der Waals surface area contributed by atoms with Gasteiger partial charge in [-0.2, -0.15) is 0 Å². The molecule has 0 amide bonds. The lowest BCUT2D eigenvalue weighted by molar-refractivity contribution is 0.810. The lowest BCUT2D eigenvalue weighted by Gasteiger charge is -2.00. The van der Waals surface area contributed by atoms with Crippen molar-refractivity contribution in [2.75, 3.05) is 12.3 Å². The monoisotopic (exact) mass is 211 g/mol. The largest absolute Gasteiger partial charge is 0.330 e. The van der Waals surface area contributed by atoms with Gasteiger partial charge < -0.3 is 5.73 Å². The van der Waals surface area contributed by atoms with E-state index in [-0.39, 0.29) is 0 Å². The van der Waals surface area contributed by atoms with Gasteiger partial charge in [-0.05, 0) is 31.4 Å². The third kappa shape index (κ3) is 4.07. The first-order valence-corrected chi connectivity index (χ1v) is 5.99. The van der Waals surface area contributed by atoms with Gasteiger partial charge in [0.05, 0.1) is 0 Å². The predicted octanol–water partition coefficient (Wildman–Crippen LogP) is 1.87. The highest BCUT2D eigenvalue weighted by Gasteiger charge is 1.97. The maximum Gasteiger partial charge on any atom is 0.187 e. The molecule has 14 heavy (non-hydrogen) atoms. The standard InChI is InChI=1S/C10H17N3S/c1-2-6-14-10-12-7-9(8-13-10)4-3-5-11/h7-8H,2-6,11H2,1H3. The minimum absolute atomic E-state index is 0.729. The molecule has 1 aromatic rings. The maximum atomic E-state index is 5.43. The molecule has 78 valence electrons. The van der Waals surface area contributed by atoms with E-state index in [1.807, 2.05) is 12.4 Å². The molecule has 2 N–H and O–H groups in total. The average molecular weight is 211 g/mol. The molecule has 1 rings (SSSR count). The first-order valence-electron chi connectivity index (χ1n) is 5.00. The Morgan fingerprint density at radius 3 is 2.64 bits per heavy atom. The van der Waals surface area contributed by atoms with Gasteiger partial charge in [0.25, 0.3) is 0 Å². The van der Waals surface area contributed by atoms with E-state index in [2.05, 4.69) is 16.9 Å². The zero-order chi connectivity index (χ0) is 10.2. The molecule has 0 bridgehead atoms. The highest BCUT2D eigenvalue weighted by Crippen LogP contribution is 2.13. The van der Waals surface area contributed by atoms with E-state index in [0.29, 0.717) is 0 Å². The van der Waals surface area contributed by atoms with E-state index in [1.165, 1.54) is 5.56 Å². The molecule has 0 aliphatic heterocycles. The fourth-order valence-corrected chi connectivity index (χ4v) is 1.69. The molecular weight excluding hydrogens is 194 g/mol. The van der Waals surface area contributed by atoms with E-state index in [4.69, 9.17) is 5.73 Å². The van der Waals surface area contributed by atoms with Crippen LogP contribution in [-0.2, 0) is 6.42 Å². The van der Waals surface area contributed by atoms with Crippen LogP contribution in [0.25, 0.3) is 0 Å². The minimum Gasteiger partial charge on any atom is -0.330 e. The Hall–Kier alpha value is -0.610. The Morgan fingerprint density at radius 1 is 1.36 bits per heavy atom. The molecule has 3 nitrogen and oxygen atoms in total. The highest BCUT2D eigenvalue weighted by molar-refractivity contribution is 7.99. The number of aromatic nitrogens is 2. The molecule has 0 fully saturated rings. The number of rotatable bonds is 6. The molecule has 0 unspecified atom stereocenters. The summed E-state index contributed by atoms with van der Waals surface area (Å²) in [5.41, 5.74) is 6.60. The topological polar surface area (TPSA) is 51.8 Å². The normalized spacial score (nSPS) is 10.4. The van der Waals surface area contributed by atoms with Crippen LogP contribution in [0.4, 0.5) is 0 Å². The summed E-state index contributed by atoms with van der Waals surface area (Å²) >= 11 is 1.71. The Bertz CT molecular complexity index is 221. The summed E-state index contributed by atoms with van der Waals surface area (Å²) in [5.74, 6) is 1.09. The quantitative estimate of drug-likeness (QED) is 0.576. The van der Waals surface area contributed by atoms with Gasteiger partial charge in [0.2, 0.25) is 0 Å². The summed E-state index contributed by atoms with van der Waals surface area (Å²) in [6, 6.07) is 0. The number of nitrogens with zero attached hydrogens (tertiary/aromatic N) is 2. The molecule has 0 radical (unpaired) electrons. The molecule has 0 aliphatic carbocycles. The van der Waals surface area contributed by atoms with Gasteiger partial charge in [-0.25, -0.2) is 9.97 Å².